The molecule has 1 amide bonds. The number of amides is 1. The Kier molecular flexibility index (Phi) is 7.16. The molecule has 0 aliphatic carbocycles. The number of anilines is 1. The fraction of sp³-hybridized carbons (Fsp3) is 0.316. The van der Waals surface area contributed by atoms with Gasteiger partial charge in [0.1, 0.15) is 18.9 Å². The normalized spacial score (nSPS) is 11.0. The van der Waals surface area contributed by atoms with E-state index in [2.05, 4.69) is 5.32 Å². The van der Waals surface area contributed by atoms with Crippen molar-refractivity contribution in [2.45, 2.75) is 13.8 Å². The quantitative estimate of drug-likeness (QED) is 0.377. The van der Waals surface area contributed by atoms with Gasteiger partial charge in [0.15, 0.2) is 0 Å². The van der Waals surface area contributed by atoms with Crippen LogP contribution in [0.3, 0.4) is 0 Å². The molecule has 0 bridgehead atoms. The molecule has 10 heteroatoms. The summed E-state index contributed by atoms with van der Waals surface area (Å²) >= 11 is 0. The SMILES string of the molecule is Cc1ccccc1OCCNC(=O)CN(c1cc([N+](=O)[O-])ccc1C)S(C)(=O)=O. The van der Waals surface area contributed by atoms with Crippen LogP contribution in [0.25, 0.3) is 0 Å². The number of nitro benzene ring substituents is 1. The van der Waals surface area contributed by atoms with Crippen molar-refractivity contribution in [1.82, 2.24) is 5.32 Å². The van der Waals surface area contributed by atoms with E-state index in [1.807, 2.05) is 31.2 Å². The van der Waals surface area contributed by atoms with Gasteiger partial charge in [0.2, 0.25) is 15.9 Å². The lowest BCUT2D eigenvalue weighted by molar-refractivity contribution is -0.384. The van der Waals surface area contributed by atoms with Crippen LogP contribution in [0.15, 0.2) is 42.5 Å². The first-order chi connectivity index (χ1) is 13.6. The zero-order valence-electron chi connectivity index (χ0n) is 16.4. The number of carbonyl (C=O) groups is 1. The van der Waals surface area contributed by atoms with Gasteiger partial charge in [-0.2, -0.15) is 0 Å². The van der Waals surface area contributed by atoms with Gasteiger partial charge in [0.25, 0.3) is 5.69 Å². The highest BCUT2D eigenvalue weighted by molar-refractivity contribution is 7.92. The summed E-state index contributed by atoms with van der Waals surface area (Å²) in [5, 5.41) is 13.6. The number of non-ortho nitro benzene ring substituents is 1. The lowest BCUT2D eigenvalue weighted by Crippen LogP contribution is -2.41. The van der Waals surface area contributed by atoms with E-state index >= 15 is 0 Å². The number of carbonyl (C=O) groups excluding carboxylic acids is 1. The average Bonchev–Trinajstić information content (AvgIpc) is 2.64. The molecule has 0 radical (unpaired) electrons. The van der Waals surface area contributed by atoms with E-state index in [1.54, 1.807) is 6.92 Å². The molecule has 0 atom stereocenters. The fourth-order valence-corrected chi connectivity index (χ4v) is 3.52. The molecule has 0 saturated heterocycles. The number of nitrogens with zero attached hydrogens (tertiary/aromatic N) is 2. The van der Waals surface area contributed by atoms with Gasteiger partial charge in [-0.05, 0) is 31.0 Å². The van der Waals surface area contributed by atoms with Crippen molar-refractivity contribution in [1.29, 1.82) is 0 Å². The molecule has 0 heterocycles. The Bertz CT molecular complexity index is 1010. The summed E-state index contributed by atoms with van der Waals surface area (Å²) < 4.78 is 30.8. The molecule has 2 aromatic carbocycles. The highest BCUT2D eigenvalue weighted by Crippen LogP contribution is 2.27. The molecule has 0 unspecified atom stereocenters. The van der Waals surface area contributed by atoms with E-state index in [0.717, 1.165) is 22.2 Å². The molecule has 0 aliphatic rings. The summed E-state index contributed by atoms with van der Waals surface area (Å²) in [7, 11) is -3.84. The number of hydrogen-bond acceptors (Lipinski definition) is 6. The number of sulfonamides is 1. The smallest absolute Gasteiger partial charge is 0.271 e. The third-order valence-electron chi connectivity index (χ3n) is 4.14. The number of para-hydroxylation sites is 1. The minimum atomic E-state index is -3.84. The van der Waals surface area contributed by atoms with Crippen LogP contribution in [-0.2, 0) is 14.8 Å². The molecule has 9 nitrogen and oxygen atoms in total. The monoisotopic (exact) mass is 421 g/mol. The van der Waals surface area contributed by atoms with E-state index in [4.69, 9.17) is 4.74 Å². The van der Waals surface area contributed by atoms with Gasteiger partial charge >= 0.3 is 0 Å². The number of aryl methyl sites for hydroxylation is 2. The summed E-state index contributed by atoms with van der Waals surface area (Å²) in [5.41, 5.74) is 1.29. The molecule has 1 N–H and O–H groups in total. The van der Waals surface area contributed by atoms with Crippen molar-refractivity contribution < 1.29 is 22.9 Å². The molecular weight excluding hydrogens is 398 g/mol. The number of nitrogens with one attached hydrogen (secondary N) is 1. The van der Waals surface area contributed by atoms with Crippen molar-refractivity contribution in [3.05, 3.63) is 63.7 Å². The lowest BCUT2D eigenvalue weighted by Gasteiger charge is -2.23. The van der Waals surface area contributed by atoms with Gasteiger partial charge in [-0.3, -0.25) is 19.2 Å². The van der Waals surface area contributed by atoms with Gasteiger partial charge in [-0.25, -0.2) is 8.42 Å². The van der Waals surface area contributed by atoms with Crippen LogP contribution in [0, 0.1) is 24.0 Å². The topological polar surface area (TPSA) is 119 Å². The number of hydrogen-bond donors (Lipinski definition) is 1. The maximum Gasteiger partial charge on any atom is 0.271 e. The molecule has 2 aromatic rings. The second kappa shape index (κ2) is 9.37. The second-order valence-corrected chi connectivity index (χ2v) is 8.37. The molecule has 0 fully saturated rings. The Balaban J connectivity index is 2.04. The maximum atomic E-state index is 12.3. The number of ether oxygens (including phenoxy) is 1. The lowest BCUT2D eigenvalue weighted by atomic mass is 10.2. The fourth-order valence-electron chi connectivity index (χ4n) is 2.62. The Morgan fingerprint density at radius 1 is 1.17 bits per heavy atom. The maximum absolute atomic E-state index is 12.3. The first-order valence-electron chi connectivity index (χ1n) is 8.77. The predicted molar refractivity (Wildman–Crippen MR) is 110 cm³/mol. The van der Waals surface area contributed by atoms with E-state index in [-0.39, 0.29) is 24.5 Å². The largest absolute Gasteiger partial charge is 0.491 e. The molecule has 156 valence electrons. The summed E-state index contributed by atoms with van der Waals surface area (Å²) in [6.07, 6.45) is 0.944. The molecule has 0 aromatic heterocycles. The Labute approximate surface area is 169 Å². The number of nitro groups is 1. The zero-order chi connectivity index (χ0) is 21.6. The Morgan fingerprint density at radius 2 is 1.86 bits per heavy atom. The van der Waals surface area contributed by atoms with Crippen LogP contribution in [0.1, 0.15) is 11.1 Å². The third-order valence-corrected chi connectivity index (χ3v) is 5.26. The number of rotatable bonds is 9. The van der Waals surface area contributed by atoms with Gasteiger partial charge in [0.05, 0.1) is 23.4 Å². The summed E-state index contributed by atoms with van der Waals surface area (Å²) in [5.74, 6) is 0.154. The van der Waals surface area contributed by atoms with Crippen molar-refractivity contribution in [3.8, 4) is 5.75 Å². The summed E-state index contributed by atoms with van der Waals surface area (Å²) in [6, 6.07) is 11.3. The average molecular weight is 421 g/mol. The predicted octanol–water partition coefficient (Wildman–Crippen LogP) is 2.17. The van der Waals surface area contributed by atoms with Gasteiger partial charge in [0, 0.05) is 12.1 Å². The van der Waals surface area contributed by atoms with E-state index in [1.165, 1.54) is 12.1 Å². The summed E-state index contributed by atoms with van der Waals surface area (Å²) in [4.78, 5) is 22.7. The zero-order valence-corrected chi connectivity index (χ0v) is 17.2. The van der Waals surface area contributed by atoms with Crippen LogP contribution in [0.4, 0.5) is 11.4 Å². The molecule has 0 saturated carbocycles. The minimum Gasteiger partial charge on any atom is -0.491 e. The van der Waals surface area contributed by atoms with E-state index < -0.39 is 27.4 Å². The molecule has 2 rings (SSSR count). The standard InChI is InChI=1S/C19H23N3O6S/c1-14-8-9-16(22(24)25)12-17(14)21(29(3,26)27)13-19(23)20-10-11-28-18-7-5-4-6-15(18)2/h4-9,12H,10-11,13H2,1-3H3,(H,20,23). The highest BCUT2D eigenvalue weighted by Gasteiger charge is 2.24. The summed E-state index contributed by atoms with van der Waals surface area (Å²) in [6.45, 7) is 3.42. The molecular formula is C19H23N3O6S. The van der Waals surface area contributed by atoms with Gasteiger partial charge < -0.3 is 10.1 Å². The van der Waals surface area contributed by atoms with Crippen molar-refractivity contribution in [2.24, 2.45) is 0 Å². The molecule has 29 heavy (non-hydrogen) atoms. The third kappa shape index (κ3) is 6.18. The van der Waals surface area contributed by atoms with Crippen LogP contribution >= 0.6 is 0 Å². The van der Waals surface area contributed by atoms with Crippen molar-refractivity contribution >= 4 is 27.3 Å². The second-order valence-electron chi connectivity index (χ2n) is 6.46. The van der Waals surface area contributed by atoms with Gasteiger partial charge in [-0.15, -0.1) is 0 Å². The Morgan fingerprint density at radius 3 is 2.48 bits per heavy atom. The van der Waals surface area contributed by atoms with Gasteiger partial charge in [-0.1, -0.05) is 24.3 Å². The Hall–Kier alpha value is -3.14. The first kappa shape index (κ1) is 22.2. The first-order valence-corrected chi connectivity index (χ1v) is 10.6. The van der Waals surface area contributed by atoms with Crippen LogP contribution in [0.2, 0.25) is 0 Å². The van der Waals surface area contributed by atoms with E-state index in [0.29, 0.717) is 11.3 Å². The number of benzene rings is 2. The van der Waals surface area contributed by atoms with Crippen LogP contribution in [-0.4, -0.2) is 45.2 Å². The minimum absolute atomic E-state index is 0.0908. The van der Waals surface area contributed by atoms with Crippen molar-refractivity contribution in [2.75, 3.05) is 30.3 Å². The van der Waals surface area contributed by atoms with Crippen molar-refractivity contribution in [3.63, 3.8) is 0 Å². The molecule has 0 spiro atoms. The van der Waals surface area contributed by atoms with E-state index in [9.17, 15) is 23.3 Å². The van der Waals surface area contributed by atoms with Crippen LogP contribution < -0.4 is 14.4 Å². The molecule has 0 aliphatic heterocycles. The van der Waals surface area contributed by atoms with Crippen LogP contribution in [0.5, 0.6) is 5.75 Å². The highest BCUT2D eigenvalue weighted by atomic mass is 32.2.